The number of aliphatic hydroxyl groups excluding tert-OH is 1. The first-order valence-electron chi connectivity index (χ1n) is 6.39. The molecule has 2 N–H and O–H groups in total. The molecule has 0 amide bonds. The summed E-state index contributed by atoms with van der Waals surface area (Å²) >= 11 is 0. The van der Waals surface area contributed by atoms with E-state index in [-0.39, 0.29) is 6.10 Å². The molecule has 1 atom stereocenters. The zero-order valence-electron chi connectivity index (χ0n) is 12.0. The highest BCUT2D eigenvalue weighted by Gasteiger charge is 2.13. The molecule has 0 aromatic carbocycles. The summed E-state index contributed by atoms with van der Waals surface area (Å²) in [4.78, 5) is 8.07. The number of rotatable bonds is 8. The fraction of sp³-hybridized carbons (Fsp3) is 0.692. The molecule has 6 nitrogen and oxygen atoms in total. The van der Waals surface area contributed by atoms with E-state index >= 15 is 0 Å². The van der Waals surface area contributed by atoms with Gasteiger partial charge >= 0.3 is 0 Å². The van der Waals surface area contributed by atoms with Crippen LogP contribution < -0.4 is 14.8 Å². The zero-order valence-corrected chi connectivity index (χ0v) is 12.0. The standard InChI is InChI=1S/C13H23N3O3/c1-9(2)5-10(17)6-14-7-11-12(18-3)15-8-16-13(11)19-4/h8-10,14,17H,5-7H2,1-4H3. The Morgan fingerprint density at radius 1 is 1.21 bits per heavy atom. The topological polar surface area (TPSA) is 76.5 Å². The van der Waals surface area contributed by atoms with E-state index in [0.717, 1.165) is 12.0 Å². The van der Waals surface area contributed by atoms with E-state index in [0.29, 0.717) is 30.8 Å². The van der Waals surface area contributed by atoms with Crippen molar-refractivity contribution in [2.45, 2.75) is 32.9 Å². The Kier molecular flexibility index (Phi) is 6.52. The molecule has 0 aliphatic heterocycles. The second-order valence-corrected chi connectivity index (χ2v) is 4.79. The molecule has 108 valence electrons. The fourth-order valence-corrected chi connectivity index (χ4v) is 1.88. The molecular weight excluding hydrogens is 246 g/mol. The number of nitrogens with zero attached hydrogens (tertiary/aromatic N) is 2. The van der Waals surface area contributed by atoms with Crippen molar-refractivity contribution in [1.82, 2.24) is 15.3 Å². The van der Waals surface area contributed by atoms with Gasteiger partial charge in [-0.15, -0.1) is 0 Å². The normalized spacial score (nSPS) is 12.5. The van der Waals surface area contributed by atoms with Crippen molar-refractivity contribution < 1.29 is 14.6 Å². The third-order valence-corrected chi connectivity index (χ3v) is 2.68. The van der Waals surface area contributed by atoms with E-state index < -0.39 is 0 Å². The highest BCUT2D eigenvalue weighted by atomic mass is 16.5. The van der Waals surface area contributed by atoms with E-state index in [4.69, 9.17) is 9.47 Å². The van der Waals surface area contributed by atoms with Crippen molar-refractivity contribution in [3.8, 4) is 11.8 Å². The Morgan fingerprint density at radius 3 is 2.26 bits per heavy atom. The molecule has 0 saturated carbocycles. The van der Waals surface area contributed by atoms with Gasteiger partial charge in [0.2, 0.25) is 11.8 Å². The van der Waals surface area contributed by atoms with Gasteiger partial charge in [-0.25, -0.2) is 9.97 Å². The van der Waals surface area contributed by atoms with Gasteiger partial charge in [0.25, 0.3) is 0 Å². The molecule has 0 fully saturated rings. The SMILES string of the molecule is COc1ncnc(OC)c1CNCC(O)CC(C)C. The van der Waals surface area contributed by atoms with E-state index in [9.17, 15) is 5.11 Å². The van der Waals surface area contributed by atoms with Crippen molar-refractivity contribution in [3.05, 3.63) is 11.9 Å². The molecule has 19 heavy (non-hydrogen) atoms. The maximum absolute atomic E-state index is 9.79. The highest BCUT2D eigenvalue weighted by molar-refractivity contribution is 5.34. The van der Waals surface area contributed by atoms with Crippen molar-refractivity contribution in [3.63, 3.8) is 0 Å². The van der Waals surface area contributed by atoms with E-state index in [1.807, 2.05) is 0 Å². The molecule has 1 aromatic rings. The number of hydrogen-bond donors (Lipinski definition) is 2. The quantitative estimate of drug-likeness (QED) is 0.733. The average molecular weight is 269 g/mol. The molecule has 0 aliphatic rings. The minimum absolute atomic E-state index is 0.360. The van der Waals surface area contributed by atoms with Crippen LogP contribution in [0.5, 0.6) is 11.8 Å². The average Bonchev–Trinajstić information content (AvgIpc) is 2.37. The summed E-state index contributed by atoms with van der Waals surface area (Å²) in [6.45, 7) is 5.17. The van der Waals surface area contributed by atoms with Crippen LogP contribution in [0.2, 0.25) is 0 Å². The van der Waals surface area contributed by atoms with Gasteiger partial charge < -0.3 is 19.9 Å². The van der Waals surface area contributed by atoms with Gasteiger partial charge in [-0.05, 0) is 12.3 Å². The lowest BCUT2D eigenvalue weighted by Gasteiger charge is -2.15. The second kappa shape index (κ2) is 7.91. The van der Waals surface area contributed by atoms with Crippen LogP contribution in [0.3, 0.4) is 0 Å². The predicted molar refractivity (Wildman–Crippen MR) is 72.3 cm³/mol. The number of hydrogen-bond acceptors (Lipinski definition) is 6. The van der Waals surface area contributed by atoms with Crippen LogP contribution in [0.15, 0.2) is 6.33 Å². The van der Waals surface area contributed by atoms with E-state index in [1.54, 1.807) is 14.2 Å². The molecule has 0 bridgehead atoms. The van der Waals surface area contributed by atoms with Gasteiger partial charge in [0.15, 0.2) is 0 Å². The first-order chi connectivity index (χ1) is 9.08. The number of aromatic nitrogens is 2. The number of methoxy groups -OCH3 is 2. The Balaban J connectivity index is 2.57. The van der Waals surface area contributed by atoms with Crippen LogP contribution in [-0.2, 0) is 6.54 Å². The highest BCUT2D eigenvalue weighted by Crippen LogP contribution is 2.22. The lowest BCUT2D eigenvalue weighted by Crippen LogP contribution is -2.28. The predicted octanol–water partition coefficient (Wildman–Crippen LogP) is 0.990. The molecular formula is C13H23N3O3. The third-order valence-electron chi connectivity index (χ3n) is 2.68. The molecule has 0 spiro atoms. The van der Waals surface area contributed by atoms with Crippen LogP contribution in [0, 0.1) is 5.92 Å². The first-order valence-corrected chi connectivity index (χ1v) is 6.39. The smallest absolute Gasteiger partial charge is 0.224 e. The molecule has 0 saturated heterocycles. The maximum atomic E-state index is 9.79. The van der Waals surface area contributed by atoms with Crippen molar-refractivity contribution in [2.75, 3.05) is 20.8 Å². The summed E-state index contributed by atoms with van der Waals surface area (Å²) in [6.07, 6.45) is 1.81. The van der Waals surface area contributed by atoms with Crippen LogP contribution in [-0.4, -0.2) is 41.9 Å². The van der Waals surface area contributed by atoms with Crippen LogP contribution >= 0.6 is 0 Å². The summed E-state index contributed by atoms with van der Waals surface area (Å²) < 4.78 is 10.4. The van der Waals surface area contributed by atoms with Crippen LogP contribution in [0.4, 0.5) is 0 Å². The molecule has 1 heterocycles. The first kappa shape index (κ1) is 15.7. The molecule has 1 unspecified atom stereocenters. The molecule has 1 rings (SSSR count). The van der Waals surface area contributed by atoms with Crippen LogP contribution in [0.25, 0.3) is 0 Å². The van der Waals surface area contributed by atoms with Gasteiger partial charge in [-0.1, -0.05) is 13.8 Å². The van der Waals surface area contributed by atoms with Crippen molar-refractivity contribution >= 4 is 0 Å². The maximum Gasteiger partial charge on any atom is 0.224 e. The lowest BCUT2D eigenvalue weighted by molar-refractivity contribution is 0.146. The van der Waals surface area contributed by atoms with Crippen molar-refractivity contribution in [2.24, 2.45) is 5.92 Å². The second-order valence-electron chi connectivity index (χ2n) is 4.79. The molecule has 0 radical (unpaired) electrons. The van der Waals surface area contributed by atoms with E-state index in [1.165, 1.54) is 6.33 Å². The lowest BCUT2D eigenvalue weighted by atomic mass is 10.1. The Hall–Kier alpha value is -1.40. The van der Waals surface area contributed by atoms with Gasteiger partial charge in [0.05, 0.1) is 25.9 Å². The molecule has 1 aromatic heterocycles. The minimum atomic E-state index is -0.360. The molecule has 0 aliphatic carbocycles. The van der Waals surface area contributed by atoms with Gasteiger partial charge in [-0.2, -0.15) is 0 Å². The van der Waals surface area contributed by atoms with Gasteiger partial charge in [0, 0.05) is 13.1 Å². The summed E-state index contributed by atoms with van der Waals surface area (Å²) in [7, 11) is 3.11. The Morgan fingerprint density at radius 2 is 1.79 bits per heavy atom. The van der Waals surface area contributed by atoms with Crippen molar-refractivity contribution in [1.29, 1.82) is 0 Å². The minimum Gasteiger partial charge on any atom is -0.481 e. The van der Waals surface area contributed by atoms with Gasteiger partial charge in [0.1, 0.15) is 6.33 Å². The van der Waals surface area contributed by atoms with Gasteiger partial charge in [-0.3, -0.25) is 0 Å². The fourth-order valence-electron chi connectivity index (χ4n) is 1.88. The monoisotopic (exact) mass is 269 g/mol. The number of ether oxygens (including phenoxy) is 2. The number of aliphatic hydroxyl groups is 1. The Labute approximate surface area is 114 Å². The van der Waals surface area contributed by atoms with Crippen LogP contribution in [0.1, 0.15) is 25.8 Å². The summed E-state index contributed by atoms with van der Waals surface area (Å²) in [6, 6.07) is 0. The summed E-state index contributed by atoms with van der Waals surface area (Å²) in [5, 5.41) is 13.0. The molecule has 6 heteroatoms. The summed E-state index contributed by atoms with van der Waals surface area (Å²) in [5.74, 6) is 1.44. The zero-order chi connectivity index (χ0) is 14.3. The number of nitrogens with one attached hydrogen (secondary N) is 1. The summed E-state index contributed by atoms with van der Waals surface area (Å²) in [5.41, 5.74) is 0.754. The largest absolute Gasteiger partial charge is 0.481 e. The third kappa shape index (κ3) is 5.00. The van der Waals surface area contributed by atoms with E-state index in [2.05, 4.69) is 29.1 Å². The Bertz CT molecular complexity index is 363.